The highest BCUT2D eigenvalue weighted by atomic mass is 32.1. The van der Waals surface area contributed by atoms with Gasteiger partial charge in [0, 0.05) is 11.1 Å². The van der Waals surface area contributed by atoms with Gasteiger partial charge in [-0.15, -0.1) is 17.8 Å². The number of fused-ring (bicyclic) bond motifs is 1. The topological polar surface area (TPSA) is 42.0 Å². The average Bonchev–Trinajstić information content (AvgIpc) is 2.63. The van der Waals surface area contributed by atoms with Crippen molar-refractivity contribution in [2.24, 2.45) is 0 Å². The normalized spacial score (nSPS) is 10.3. The summed E-state index contributed by atoms with van der Waals surface area (Å²) in [5, 5.41) is 3.77. The van der Waals surface area contributed by atoms with E-state index in [0.29, 0.717) is 4.88 Å². The van der Waals surface area contributed by atoms with Gasteiger partial charge in [-0.2, -0.15) is 0 Å². The second-order valence-corrected chi connectivity index (χ2v) is 5.20. The van der Waals surface area contributed by atoms with Gasteiger partial charge < -0.3 is 5.32 Å². The Morgan fingerprint density at radius 2 is 2.22 bits per heavy atom. The minimum atomic E-state index is -0.120. The molecule has 0 aromatic carbocycles. The summed E-state index contributed by atoms with van der Waals surface area (Å²) in [5.41, 5.74) is 3.11. The van der Waals surface area contributed by atoms with Crippen molar-refractivity contribution in [1.82, 2.24) is 10.3 Å². The number of nitrogens with one attached hydrogen (secondary N) is 1. The number of carbonyl (C=O) groups is 1. The van der Waals surface area contributed by atoms with E-state index in [4.69, 9.17) is 6.42 Å². The van der Waals surface area contributed by atoms with Crippen molar-refractivity contribution in [1.29, 1.82) is 0 Å². The number of rotatable bonds is 2. The van der Waals surface area contributed by atoms with Crippen LogP contribution in [0.2, 0.25) is 0 Å². The Balaban J connectivity index is 2.54. The van der Waals surface area contributed by atoms with E-state index < -0.39 is 0 Å². The number of amides is 1. The molecule has 0 spiro atoms. The number of hydrogen-bond acceptors (Lipinski definition) is 3. The van der Waals surface area contributed by atoms with E-state index in [1.54, 1.807) is 0 Å². The van der Waals surface area contributed by atoms with E-state index in [0.717, 1.165) is 27.0 Å². The Labute approximate surface area is 110 Å². The van der Waals surface area contributed by atoms with Crippen LogP contribution in [0.25, 0.3) is 10.2 Å². The Morgan fingerprint density at radius 1 is 1.50 bits per heavy atom. The standard InChI is InChI=1S/C14H14N2OS/c1-5-6-15-13(17)12-10(4)11-8(2)7-9(3)16-14(11)18-12/h1,7H,6H2,2-4H3,(H,15,17). The summed E-state index contributed by atoms with van der Waals surface area (Å²) in [6.45, 7) is 6.20. The van der Waals surface area contributed by atoms with Crippen LogP contribution < -0.4 is 5.32 Å². The number of hydrogen-bond donors (Lipinski definition) is 1. The van der Waals surface area contributed by atoms with Crippen molar-refractivity contribution >= 4 is 27.5 Å². The van der Waals surface area contributed by atoms with E-state index in [2.05, 4.69) is 16.2 Å². The molecule has 0 radical (unpaired) electrons. The molecule has 0 atom stereocenters. The SMILES string of the molecule is C#CCNC(=O)c1sc2nc(C)cc(C)c2c1C. The molecule has 2 aromatic heterocycles. The fraction of sp³-hybridized carbons (Fsp3) is 0.286. The molecule has 2 heterocycles. The van der Waals surface area contributed by atoms with E-state index in [1.165, 1.54) is 11.3 Å². The molecule has 0 saturated heterocycles. The second kappa shape index (κ2) is 4.79. The molecule has 92 valence electrons. The number of terminal acetylenes is 1. The minimum Gasteiger partial charge on any atom is -0.340 e. The average molecular weight is 258 g/mol. The van der Waals surface area contributed by atoms with Crippen molar-refractivity contribution in [3.63, 3.8) is 0 Å². The predicted molar refractivity (Wildman–Crippen MR) is 75.0 cm³/mol. The molecular weight excluding hydrogens is 244 g/mol. The van der Waals surface area contributed by atoms with Crippen LogP contribution in [0.5, 0.6) is 0 Å². The van der Waals surface area contributed by atoms with Crippen LogP contribution in [0.4, 0.5) is 0 Å². The molecule has 0 aliphatic carbocycles. The number of pyridine rings is 1. The maximum atomic E-state index is 12.0. The summed E-state index contributed by atoms with van der Waals surface area (Å²) >= 11 is 1.42. The van der Waals surface area contributed by atoms with Crippen molar-refractivity contribution in [2.45, 2.75) is 20.8 Å². The molecule has 0 bridgehead atoms. The zero-order valence-electron chi connectivity index (χ0n) is 10.6. The molecule has 0 fully saturated rings. The number of carbonyl (C=O) groups excluding carboxylic acids is 1. The van der Waals surface area contributed by atoms with E-state index >= 15 is 0 Å². The van der Waals surface area contributed by atoms with Gasteiger partial charge in [0.1, 0.15) is 4.83 Å². The molecular formula is C14H14N2OS. The molecule has 2 aromatic rings. The van der Waals surface area contributed by atoms with Gasteiger partial charge >= 0.3 is 0 Å². The van der Waals surface area contributed by atoms with Crippen molar-refractivity contribution in [2.75, 3.05) is 6.54 Å². The Morgan fingerprint density at radius 3 is 2.89 bits per heavy atom. The molecule has 0 aliphatic rings. The van der Waals surface area contributed by atoms with Gasteiger partial charge in [0.2, 0.25) is 0 Å². The first kappa shape index (κ1) is 12.6. The van der Waals surface area contributed by atoms with Gasteiger partial charge in [-0.05, 0) is 38.0 Å². The highest BCUT2D eigenvalue weighted by Crippen LogP contribution is 2.32. The van der Waals surface area contributed by atoms with Gasteiger partial charge in [0.05, 0.1) is 11.4 Å². The van der Waals surface area contributed by atoms with Crippen LogP contribution >= 0.6 is 11.3 Å². The third-order valence-electron chi connectivity index (χ3n) is 2.78. The monoisotopic (exact) mass is 258 g/mol. The summed E-state index contributed by atoms with van der Waals surface area (Å²) < 4.78 is 0. The number of aromatic nitrogens is 1. The maximum absolute atomic E-state index is 12.0. The molecule has 1 amide bonds. The first-order valence-electron chi connectivity index (χ1n) is 5.63. The molecule has 0 aliphatic heterocycles. The number of aryl methyl sites for hydroxylation is 3. The first-order chi connectivity index (χ1) is 8.54. The summed E-state index contributed by atoms with van der Waals surface area (Å²) in [7, 11) is 0. The van der Waals surface area contributed by atoms with E-state index in [1.807, 2.05) is 26.8 Å². The fourth-order valence-electron chi connectivity index (χ4n) is 2.05. The van der Waals surface area contributed by atoms with Gasteiger partial charge in [-0.25, -0.2) is 4.98 Å². The molecule has 0 unspecified atom stereocenters. The lowest BCUT2D eigenvalue weighted by Crippen LogP contribution is -2.23. The van der Waals surface area contributed by atoms with Crippen LogP contribution in [-0.2, 0) is 0 Å². The van der Waals surface area contributed by atoms with Gasteiger partial charge in [-0.3, -0.25) is 4.79 Å². The Bertz CT molecular complexity index is 664. The second-order valence-electron chi connectivity index (χ2n) is 4.20. The largest absolute Gasteiger partial charge is 0.340 e. The lowest BCUT2D eigenvalue weighted by atomic mass is 10.1. The van der Waals surface area contributed by atoms with Gasteiger partial charge in [0.25, 0.3) is 5.91 Å². The zero-order chi connectivity index (χ0) is 13.3. The van der Waals surface area contributed by atoms with Crippen LogP contribution in [0, 0.1) is 33.1 Å². The zero-order valence-corrected chi connectivity index (χ0v) is 11.4. The van der Waals surface area contributed by atoms with Crippen molar-refractivity contribution < 1.29 is 4.79 Å². The van der Waals surface area contributed by atoms with Crippen molar-refractivity contribution in [3.05, 3.63) is 27.8 Å². The fourth-order valence-corrected chi connectivity index (χ4v) is 3.27. The summed E-state index contributed by atoms with van der Waals surface area (Å²) in [4.78, 5) is 18.1. The molecule has 1 N–H and O–H groups in total. The Hall–Kier alpha value is -1.86. The lowest BCUT2D eigenvalue weighted by molar-refractivity contribution is 0.0962. The first-order valence-corrected chi connectivity index (χ1v) is 6.45. The highest BCUT2D eigenvalue weighted by Gasteiger charge is 2.17. The summed E-state index contributed by atoms with van der Waals surface area (Å²) in [5.74, 6) is 2.28. The van der Waals surface area contributed by atoms with Gasteiger partial charge in [-0.1, -0.05) is 5.92 Å². The molecule has 18 heavy (non-hydrogen) atoms. The predicted octanol–water partition coefficient (Wildman–Crippen LogP) is 2.58. The molecule has 4 heteroatoms. The lowest BCUT2D eigenvalue weighted by Gasteiger charge is -2.01. The van der Waals surface area contributed by atoms with Crippen LogP contribution in [-0.4, -0.2) is 17.4 Å². The molecule has 2 rings (SSSR count). The third kappa shape index (κ3) is 2.09. The van der Waals surface area contributed by atoms with Crippen LogP contribution in [0.1, 0.15) is 26.5 Å². The summed E-state index contributed by atoms with van der Waals surface area (Å²) in [6.07, 6.45) is 5.14. The van der Waals surface area contributed by atoms with E-state index in [9.17, 15) is 4.79 Å². The quantitative estimate of drug-likeness (QED) is 0.841. The van der Waals surface area contributed by atoms with Crippen LogP contribution in [0.3, 0.4) is 0 Å². The minimum absolute atomic E-state index is 0.120. The maximum Gasteiger partial charge on any atom is 0.262 e. The summed E-state index contributed by atoms with van der Waals surface area (Å²) in [6, 6.07) is 2.03. The van der Waals surface area contributed by atoms with Crippen LogP contribution in [0.15, 0.2) is 6.07 Å². The molecule has 0 saturated carbocycles. The van der Waals surface area contributed by atoms with E-state index in [-0.39, 0.29) is 12.5 Å². The Kier molecular flexibility index (Phi) is 3.35. The number of thiophene rings is 1. The van der Waals surface area contributed by atoms with Crippen molar-refractivity contribution in [3.8, 4) is 12.3 Å². The number of nitrogens with zero attached hydrogens (tertiary/aromatic N) is 1. The smallest absolute Gasteiger partial charge is 0.262 e. The highest BCUT2D eigenvalue weighted by molar-refractivity contribution is 7.20. The van der Waals surface area contributed by atoms with Gasteiger partial charge in [0.15, 0.2) is 0 Å². The third-order valence-corrected chi connectivity index (χ3v) is 3.97. The molecule has 3 nitrogen and oxygen atoms in total.